The van der Waals surface area contributed by atoms with E-state index in [0.29, 0.717) is 10.8 Å². The average Bonchev–Trinajstić information content (AvgIpc) is 2.37. The van der Waals surface area contributed by atoms with Gasteiger partial charge in [-0.15, -0.1) is 11.6 Å². The maximum Gasteiger partial charge on any atom is 0.0418 e. The highest BCUT2D eigenvalue weighted by molar-refractivity contribution is 6.21. The molecular weight excluding hydrogens is 144 g/mol. The van der Waals surface area contributed by atoms with Crippen molar-refractivity contribution in [3.05, 3.63) is 0 Å². The Hall–Kier alpha value is 0.290. The van der Waals surface area contributed by atoms with Crippen molar-refractivity contribution >= 4 is 11.6 Å². The first-order valence-corrected chi connectivity index (χ1v) is 4.70. The quantitative estimate of drug-likeness (QED) is 0.476. The van der Waals surface area contributed by atoms with Crippen molar-refractivity contribution in [2.24, 2.45) is 17.3 Å². The third-order valence-electron chi connectivity index (χ3n) is 3.65. The summed E-state index contributed by atoms with van der Waals surface area (Å²) >= 11 is 6.30. The van der Waals surface area contributed by atoms with E-state index in [9.17, 15) is 0 Å². The molecule has 2 fully saturated rings. The Morgan fingerprint density at radius 2 is 2.00 bits per heavy atom. The molecule has 10 heavy (non-hydrogen) atoms. The van der Waals surface area contributed by atoms with Crippen LogP contribution < -0.4 is 0 Å². The van der Waals surface area contributed by atoms with Crippen molar-refractivity contribution in [1.82, 2.24) is 0 Å². The molecule has 0 aliphatic heterocycles. The molecule has 3 atom stereocenters. The van der Waals surface area contributed by atoms with Gasteiger partial charge < -0.3 is 0 Å². The van der Waals surface area contributed by atoms with Crippen LogP contribution in [0.2, 0.25) is 0 Å². The van der Waals surface area contributed by atoms with E-state index in [0.717, 1.165) is 11.8 Å². The van der Waals surface area contributed by atoms with Crippen molar-refractivity contribution in [3.8, 4) is 0 Å². The first-order valence-electron chi connectivity index (χ1n) is 4.26. The topological polar surface area (TPSA) is 0 Å². The van der Waals surface area contributed by atoms with Gasteiger partial charge in [-0.1, -0.05) is 13.8 Å². The second-order valence-electron chi connectivity index (χ2n) is 4.49. The minimum absolute atomic E-state index is 0.435. The summed E-state index contributed by atoms with van der Waals surface area (Å²) in [7, 11) is 0. The minimum Gasteiger partial charge on any atom is -0.122 e. The monoisotopic (exact) mass is 158 g/mol. The van der Waals surface area contributed by atoms with Gasteiger partial charge in [0, 0.05) is 5.38 Å². The van der Waals surface area contributed by atoms with Crippen LogP contribution in [0.3, 0.4) is 0 Å². The molecule has 0 aromatic heterocycles. The lowest BCUT2D eigenvalue weighted by Crippen LogP contribution is -2.31. The summed E-state index contributed by atoms with van der Waals surface area (Å²) in [4.78, 5) is 0. The summed E-state index contributed by atoms with van der Waals surface area (Å²) in [5.41, 5.74) is 0.435. The molecule has 0 aromatic rings. The molecule has 2 aliphatic rings. The Kier molecular flexibility index (Phi) is 1.33. The normalized spacial score (nSPS) is 50.1. The molecule has 1 heteroatoms. The molecule has 2 bridgehead atoms. The van der Waals surface area contributed by atoms with E-state index in [-0.39, 0.29) is 0 Å². The molecule has 2 aliphatic carbocycles. The fourth-order valence-corrected chi connectivity index (χ4v) is 3.20. The Balaban J connectivity index is 2.25. The summed E-state index contributed by atoms with van der Waals surface area (Å²) in [6.07, 6.45) is 4.23. The highest BCUT2D eigenvalue weighted by Crippen LogP contribution is 2.57. The van der Waals surface area contributed by atoms with Crippen LogP contribution in [0.1, 0.15) is 33.1 Å². The molecule has 0 amide bonds. The van der Waals surface area contributed by atoms with Crippen LogP contribution in [0.25, 0.3) is 0 Å². The van der Waals surface area contributed by atoms with Gasteiger partial charge in [-0.2, -0.15) is 0 Å². The minimum atomic E-state index is 0.435. The van der Waals surface area contributed by atoms with Crippen LogP contribution in [0, 0.1) is 17.3 Å². The third-order valence-corrected chi connectivity index (χ3v) is 4.57. The second-order valence-corrected chi connectivity index (χ2v) is 4.96. The molecule has 0 unspecified atom stereocenters. The van der Waals surface area contributed by atoms with E-state index in [1.165, 1.54) is 19.3 Å². The van der Waals surface area contributed by atoms with Crippen LogP contribution >= 0.6 is 11.6 Å². The predicted molar refractivity (Wildman–Crippen MR) is 44.3 cm³/mol. The first-order chi connectivity index (χ1) is 4.62. The number of hydrogen-bond acceptors (Lipinski definition) is 0. The zero-order valence-electron chi connectivity index (χ0n) is 6.73. The third kappa shape index (κ3) is 0.689. The van der Waals surface area contributed by atoms with E-state index in [4.69, 9.17) is 11.6 Å². The van der Waals surface area contributed by atoms with E-state index in [1.54, 1.807) is 0 Å². The lowest BCUT2D eigenvalue weighted by molar-refractivity contribution is 0.223. The highest BCUT2D eigenvalue weighted by Gasteiger charge is 2.51. The lowest BCUT2D eigenvalue weighted by Gasteiger charge is -2.34. The van der Waals surface area contributed by atoms with Crippen molar-refractivity contribution in [2.75, 3.05) is 0 Å². The van der Waals surface area contributed by atoms with E-state index >= 15 is 0 Å². The van der Waals surface area contributed by atoms with Gasteiger partial charge in [0.2, 0.25) is 0 Å². The van der Waals surface area contributed by atoms with Gasteiger partial charge >= 0.3 is 0 Å². The molecule has 0 heterocycles. The number of hydrogen-bond donors (Lipinski definition) is 0. The van der Waals surface area contributed by atoms with Crippen LogP contribution in [0.4, 0.5) is 0 Å². The fraction of sp³-hybridized carbons (Fsp3) is 1.00. The largest absolute Gasteiger partial charge is 0.122 e. The lowest BCUT2D eigenvalue weighted by atomic mass is 9.76. The van der Waals surface area contributed by atoms with Crippen LogP contribution in [-0.4, -0.2) is 5.38 Å². The van der Waals surface area contributed by atoms with Crippen molar-refractivity contribution in [1.29, 1.82) is 0 Å². The Labute approximate surface area is 68.0 Å². The maximum atomic E-state index is 6.30. The molecule has 0 aromatic carbocycles. The summed E-state index contributed by atoms with van der Waals surface area (Å²) in [5, 5.41) is 0.464. The summed E-state index contributed by atoms with van der Waals surface area (Å²) in [5.74, 6) is 1.78. The van der Waals surface area contributed by atoms with Crippen molar-refractivity contribution < 1.29 is 0 Å². The van der Waals surface area contributed by atoms with Gasteiger partial charge in [0.05, 0.1) is 0 Å². The van der Waals surface area contributed by atoms with Crippen LogP contribution in [0.15, 0.2) is 0 Å². The van der Waals surface area contributed by atoms with E-state index in [1.807, 2.05) is 0 Å². The summed E-state index contributed by atoms with van der Waals surface area (Å²) < 4.78 is 0. The number of halogens is 1. The van der Waals surface area contributed by atoms with Gasteiger partial charge in [0.25, 0.3) is 0 Å². The number of fused-ring (bicyclic) bond motifs is 2. The zero-order valence-corrected chi connectivity index (χ0v) is 7.49. The molecule has 0 N–H and O–H groups in total. The molecule has 0 saturated heterocycles. The van der Waals surface area contributed by atoms with Gasteiger partial charge in [0.15, 0.2) is 0 Å². The van der Waals surface area contributed by atoms with Gasteiger partial charge in [-0.3, -0.25) is 0 Å². The molecule has 0 spiro atoms. The second kappa shape index (κ2) is 1.91. The number of rotatable bonds is 0. The molecule has 0 nitrogen and oxygen atoms in total. The Morgan fingerprint density at radius 1 is 1.30 bits per heavy atom. The molecule has 58 valence electrons. The fourth-order valence-electron chi connectivity index (χ4n) is 2.79. The van der Waals surface area contributed by atoms with Crippen molar-refractivity contribution in [3.63, 3.8) is 0 Å². The first kappa shape index (κ1) is 6.97. The van der Waals surface area contributed by atoms with Gasteiger partial charge in [-0.25, -0.2) is 0 Å². The summed E-state index contributed by atoms with van der Waals surface area (Å²) in [6.45, 7) is 4.66. The van der Waals surface area contributed by atoms with Gasteiger partial charge in [-0.05, 0) is 36.5 Å². The predicted octanol–water partition coefficient (Wildman–Crippen LogP) is 3.05. The van der Waals surface area contributed by atoms with Crippen LogP contribution in [-0.2, 0) is 0 Å². The van der Waals surface area contributed by atoms with E-state index < -0.39 is 0 Å². The Bertz CT molecular complexity index is 147. The average molecular weight is 159 g/mol. The molecular formula is C9H15Cl. The highest BCUT2D eigenvalue weighted by atomic mass is 35.5. The van der Waals surface area contributed by atoms with Crippen molar-refractivity contribution in [2.45, 2.75) is 38.5 Å². The smallest absolute Gasteiger partial charge is 0.0418 e. The molecule has 2 saturated carbocycles. The Morgan fingerprint density at radius 3 is 2.30 bits per heavy atom. The molecule has 0 radical (unpaired) electrons. The zero-order chi connectivity index (χ0) is 7.35. The maximum absolute atomic E-state index is 6.30. The summed E-state index contributed by atoms with van der Waals surface area (Å²) in [6, 6.07) is 0. The van der Waals surface area contributed by atoms with Gasteiger partial charge in [0.1, 0.15) is 0 Å². The van der Waals surface area contributed by atoms with E-state index in [2.05, 4.69) is 13.8 Å². The molecule has 2 rings (SSSR count). The standard InChI is InChI=1S/C9H15Cl/c1-9(2)7-4-3-6(5-7)8(9)10/h6-8H,3-5H2,1-2H3/t6-,7+,8+/m1/s1. The number of alkyl halides is 1. The SMILES string of the molecule is CC1(C)[C@H]2CC[C@H](C2)[C@@H]1Cl. The van der Waals surface area contributed by atoms with Crippen LogP contribution in [0.5, 0.6) is 0 Å².